The Balaban J connectivity index is 1.81. The molecule has 7 heteroatoms. The molecule has 2 aliphatic heterocycles. The summed E-state index contributed by atoms with van der Waals surface area (Å²) in [6.45, 7) is 4.57. The summed E-state index contributed by atoms with van der Waals surface area (Å²) in [5.41, 5.74) is 4.42. The molecule has 0 saturated carbocycles. The number of anilines is 1. The molecule has 1 atom stereocenters. The molecule has 1 saturated heterocycles. The van der Waals surface area contributed by atoms with Crippen LogP contribution in [0.5, 0.6) is 0 Å². The Morgan fingerprint density at radius 1 is 1.43 bits per heavy atom. The monoisotopic (exact) mass is 316 g/mol. The van der Waals surface area contributed by atoms with Gasteiger partial charge in [0.2, 0.25) is 5.91 Å². The van der Waals surface area contributed by atoms with Crippen LogP contribution in [0.4, 0.5) is 10.1 Å². The number of piperazine rings is 1. The maximum Gasteiger partial charge on any atom is 0.303 e. The number of hydrogen-bond acceptors (Lipinski definition) is 4. The quantitative estimate of drug-likeness (QED) is 0.637. The molecule has 1 aromatic carbocycles. The van der Waals surface area contributed by atoms with Crippen LogP contribution in [0.1, 0.15) is 18.9 Å². The van der Waals surface area contributed by atoms with E-state index in [1.54, 1.807) is 10.6 Å². The van der Waals surface area contributed by atoms with Crippen molar-refractivity contribution in [2.75, 3.05) is 31.1 Å². The predicted molar refractivity (Wildman–Crippen MR) is 84.8 cm³/mol. The van der Waals surface area contributed by atoms with Crippen molar-refractivity contribution < 1.29 is 13.8 Å². The Kier molecular flexibility index (Phi) is 4.21. The summed E-state index contributed by atoms with van der Waals surface area (Å²) in [5.74, 6) is -0.429. The molecule has 0 bridgehead atoms. The first-order chi connectivity index (χ1) is 11.1. The Hall–Kier alpha value is -2.53. The van der Waals surface area contributed by atoms with Crippen molar-refractivity contribution in [2.24, 2.45) is 11.0 Å². The molecule has 23 heavy (non-hydrogen) atoms. The van der Waals surface area contributed by atoms with Crippen LogP contribution in [-0.4, -0.2) is 48.4 Å². The second-order valence-electron chi connectivity index (χ2n) is 5.89. The SMILES string of the molecule is CC1CC(=O)NN=C1c1ccc(N2CC[N+](=C=N)CC2)c(F)c1. The minimum Gasteiger partial charge on any atom is -0.361 e. The number of benzene rings is 1. The highest BCUT2D eigenvalue weighted by Crippen LogP contribution is 2.24. The maximum absolute atomic E-state index is 14.5. The Morgan fingerprint density at radius 3 is 2.78 bits per heavy atom. The lowest BCUT2D eigenvalue weighted by molar-refractivity contribution is -0.523. The normalized spacial score (nSPS) is 21.6. The van der Waals surface area contributed by atoms with Gasteiger partial charge in [0.25, 0.3) is 0 Å². The largest absolute Gasteiger partial charge is 0.361 e. The van der Waals surface area contributed by atoms with Crippen LogP contribution in [0.2, 0.25) is 0 Å². The zero-order valence-corrected chi connectivity index (χ0v) is 13.0. The van der Waals surface area contributed by atoms with E-state index in [4.69, 9.17) is 5.41 Å². The molecule has 6 nitrogen and oxygen atoms in total. The van der Waals surface area contributed by atoms with Gasteiger partial charge in [0.05, 0.1) is 24.5 Å². The Bertz CT molecular complexity index is 713. The zero-order chi connectivity index (χ0) is 16.4. The third-order valence-electron chi connectivity index (χ3n) is 4.28. The van der Waals surface area contributed by atoms with E-state index >= 15 is 0 Å². The van der Waals surface area contributed by atoms with E-state index in [2.05, 4.69) is 16.5 Å². The number of carbonyl (C=O) groups is 1. The summed E-state index contributed by atoms with van der Waals surface area (Å²) in [4.78, 5) is 13.3. The van der Waals surface area contributed by atoms with E-state index in [1.807, 2.05) is 17.9 Å². The first-order valence-corrected chi connectivity index (χ1v) is 7.67. The van der Waals surface area contributed by atoms with Crippen molar-refractivity contribution in [3.63, 3.8) is 0 Å². The highest BCUT2D eigenvalue weighted by Gasteiger charge is 2.24. The summed E-state index contributed by atoms with van der Waals surface area (Å²) in [7, 11) is 0. The van der Waals surface area contributed by atoms with Crippen molar-refractivity contribution in [2.45, 2.75) is 13.3 Å². The van der Waals surface area contributed by atoms with E-state index in [-0.39, 0.29) is 17.6 Å². The van der Waals surface area contributed by atoms with Gasteiger partial charge in [-0.15, -0.1) is 0 Å². The number of amides is 1. The summed E-state index contributed by atoms with van der Waals surface area (Å²) < 4.78 is 16.3. The van der Waals surface area contributed by atoms with Crippen LogP contribution in [0, 0.1) is 17.1 Å². The minimum absolute atomic E-state index is 0.0272. The second-order valence-corrected chi connectivity index (χ2v) is 5.89. The number of nitrogens with zero attached hydrogens (tertiary/aromatic N) is 3. The van der Waals surface area contributed by atoms with Crippen LogP contribution < -0.4 is 10.3 Å². The molecule has 3 rings (SSSR count). The number of rotatable bonds is 2. The summed E-state index contributed by atoms with van der Waals surface area (Å²) >= 11 is 0. The first kappa shape index (κ1) is 15.4. The molecule has 0 aliphatic carbocycles. The average molecular weight is 316 g/mol. The zero-order valence-electron chi connectivity index (χ0n) is 13.0. The molecule has 0 spiro atoms. The molecule has 2 heterocycles. The number of hydrogen-bond donors (Lipinski definition) is 2. The van der Waals surface area contributed by atoms with Crippen LogP contribution in [-0.2, 0) is 4.79 Å². The van der Waals surface area contributed by atoms with E-state index < -0.39 is 0 Å². The van der Waals surface area contributed by atoms with E-state index in [1.165, 1.54) is 6.07 Å². The maximum atomic E-state index is 14.5. The van der Waals surface area contributed by atoms with Gasteiger partial charge in [0.1, 0.15) is 18.9 Å². The lowest BCUT2D eigenvalue weighted by atomic mass is 9.94. The highest BCUT2D eigenvalue weighted by molar-refractivity contribution is 6.05. The molecular weight excluding hydrogens is 297 g/mol. The summed E-state index contributed by atoms with van der Waals surface area (Å²) in [6.07, 6.45) is 0.365. The Morgan fingerprint density at radius 2 is 2.17 bits per heavy atom. The molecule has 0 aromatic heterocycles. The van der Waals surface area contributed by atoms with Crippen LogP contribution >= 0.6 is 0 Å². The van der Waals surface area contributed by atoms with Gasteiger partial charge >= 0.3 is 6.01 Å². The summed E-state index contributed by atoms with van der Waals surface area (Å²) in [6, 6.07) is 7.46. The second kappa shape index (κ2) is 6.30. The fourth-order valence-corrected chi connectivity index (χ4v) is 2.98. The van der Waals surface area contributed by atoms with E-state index in [0.29, 0.717) is 49.6 Å². The third kappa shape index (κ3) is 3.14. The number of nitrogens with one attached hydrogen (secondary N) is 2. The van der Waals surface area contributed by atoms with Gasteiger partial charge in [-0.25, -0.2) is 14.4 Å². The van der Waals surface area contributed by atoms with Gasteiger partial charge in [-0.2, -0.15) is 5.10 Å². The average Bonchev–Trinajstić information content (AvgIpc) is 2.55. The van der Waals surface area contributed by atoms with E-state index in [9.17, 15) is 9.18 Å². The van der Waals surface area contributed by atoms with Crippen LogP contribution in [0.3, 0.4) is 0 Å². The minimum atomic E-state index is -0.290. The first-order valence-electron chi connectivity index (χ1n) is 7.67. The fraction of sp³-hybridized carbons (Fsp3) is 0.438. The van der Waals surface area contributed by atoms with Gasteiger partial charge in [-0.1, -0.05) is 18.4 Å². The molecule has 1 aromatic rings. The molecule has 1 unspecified atom stereocenters. The van der Waals surface area contributed by atoms with Crippen molar-refractivity contribution in [3.05, 3.63) is 29.6 Å². The molecule has 1 fully saturated rings. The molecule has 2 aliphatic rings. The lowest BCUT2D eigenvalue weighted by Crippen LogP contribution is -2.42. The van der Waals surface area contributed by atoms with Crippen LogP contribution in [0.25, 0.3) is 0 Å². The highest BCUT2D eigenvalue weighted by atomic mass is 19.1. The topological polar surface area (TPSA) is 71.6 Å². The van der Waals surface area contributed by atoms with Gasteiger partial charge in [-0.3, -0.25) is 4.79 Å². The molecular formula is C16H19FN5O+. The van der Waals surface area contributed by atoms with E-state index in [0.717, 1.165) is 0 Å². The van der Waals surface area contributed by atoms with Crippen molar-refractivity contribution in [3.8, 4) is 0 Å². The lowest BCUT2D eigenvalue weighted by Gasteiger charge is -2.28. The van der Waals surface area contributed by atoms with Gasteiger partial charge in [-0.05, 0) is 12.1 Å². The van der Waals surface area contributed by atoms with Crippen LogP contribution in [0.15, 0.2) is 23.3 Å². The molecule has 120 valence electrons. The molecule has 2 N–H and O–H groups in total. The van der Waals surface area contributed by atoms with Gasteiger partial charge in [0, 0.05) is 17.9 Å². The number of carbonyl (C=O) groups excluding carboxylic acids is 1. The van der Waals surface area contributed by atoms with Gasteiger partial charge < -0.3 is 4.90 Å². The standard InChI is InChI=1S/C16H18FN5O/c1-11-8-15(23)19-20-16(11)12-2-3-14(13(17)9-12)22-6-4-21(10-18)5-7-22/h2-3,9,11,18H,4-8H2,1H3/p+1. The van der Waals surface area contributed by atoms with Crippen molar-refractivity contribution in [1.82, 2.24) is 5.43 Å². The van der Waals surface area contributed by atoms with Crippen molar-refractivity contribution >= 4 is 23.3 Å². The molecule has 1 amide bonds. The Labute approximate surface area is 133 Å². The predicted octanol–water partition coefficient (Wildman–Crippen LogP) is 1.27. The third-order valence-corrected chi connectivity index (χ3v) is 4.28. The fourth-order valence-electron chi connectivity index (χ4n) is 2.98. The number of hydrazone groups is 1. The molecule has 0 radical (unpaired) electrons. The smallest absolute Gasteiger partial charge is 0.303 e. The van der Waals surface area contributed by atoms with Crippen molar-refractivity contribution in [1.29, 1.82) is 5.41 Å². The summed E-state index contributed by atoms with van der Waals surface area (Å²) in [5, 5.41) is 11.2. The number of halogens is 1. The van der Waals surface area contributed by atoms with Gasteiger partial charge in [0.15, 0.2) is 0 Å².